The van der Waals surface area contributed by atoms with Crippen molar-refractivity contribution in [1.29, 1.82) is 0 Å². The standard InChI is InChI=1S/C15H18ClNO2/c1-4-8-17(9-5-2)15(18)11-19-13-6-7-14(16)12(3)10-13/h4-7,10H,1-2,8-9,11H2,3H3. The fourth-order valence-corrected chi connectivity index (χ4v) is 1.65. The van der Waals surface area contributed by atoms with E-state index in [4.69, 9.17) is 16.3 Å². The molecule has 0 fully saturated rings. The minimum Gasteiger partial charge on any atom is -0.484 e. The van der Waals surface area contributed by atoms with Crippen molar-refractivity contribution in [3.8, 4) is 5.75 Å². The molecule has 19 heavy (non-hydrogen) atoms. The summed E-state index contributed by atoms with van der Waals surface area (Å²) in [6, 6.07) is 5.30. The molecule has 0 aliphatic heterocycles. The number of carbonyl (C=O) groups is 1. The summed E-state index contributed by atoms with van der Waals surface area (Å²) in [6.07, 6.45) is 3.35. The van der Waals surface area contributed by atoms with Crippen LogP contribution in [0, 0.1) is 6.92 Å². The highest BCUT2D eigenvalue weighted by molar-refractivity contribution is 6.31. The first-order valence-corrected chi connectivity index (χ1v) is 6.34. The third-order valence-corrected chi connectivity index (χ3v) is 2.97. The molecule has 0 saturated carbocycles. The minimum atomic E-state index is -0.104. The summed E-state index contributed by atoms with van der Waals surface area (Å²) in [5, 5.41) is 0.679. The van der Waals surface area contributed by atoms with E-state index in [0.29, 0.717) is 23.9 Å². The number of hydrogen-bond acceptors (Lipinski definition) is 2. The number of amides is 1. The van der Waals surface area contributed by atoms with Crippen molar-refractivity contribution in [1.82, 2.24) is 4.90 Å². The Hall–Kier alpha value is -1.74. The first kappa shape index (κ1) is 15.3. The maximum absolute atomic E-state index is 11.9. The predicted octanol–water partition coefficient (Wildman–Crippen LogP) is 3.23. The van der Waals surface area contributed by atoms with Gasteiger partial charge in [0.2, 0.25) is 0 Å². The Bertz CT molecular complexity index is 461. The average molecular weight is 280 g/mol. The lowest BCUT2D eigenvalue weighted by molar-refractivity contribution is -0.132. The van der Waals surface area contributed by atoms with Crippen molar-refractivity contribution in [3.05, 3.63) is 54.1 Å². The van der Waals surface area contributed by atoms with E-state index in [0.717, 1.165) is 5.56 Å². The second-order valence-corrected chi connectivity index (χ2v) is 4.48. The Kier molecular flexibility index (Phi) is 6.16. The van der Waals surface area contributed by atoms with E-state index in [2.05, 4.69) is 13.2 Å². The van der Waals surface area contributed by atoms with Crippen LogP contribution in [0.2, 0.25) is 5.02 Å². The van der Waals surface area contributed by atoms with Gasteiger partial charge >= 0.3 is 0 Å². The van der Waals surface area contributed by atoms with Crippen LogP contribution in [0.3, 0.4) is 0 Å². The lowest BCUT2D eigenvalue weighted by Gasteiger charge is -2.19. The first-order chi connectivity index (χ1) is 9.08. The highest BCUT2D eigenvalue weighted by atomic mass is 35.5. The van der Waals surface area contributed by atoms with Crippen molar-refractivity contribution in [2.24, 2.45) is 0 Å². The van der Waals surface area contributed by atoms with Crippen LogP contribution in [0.5, 0.6) is 5.75 Å². The third-order valence-electron chi connectivity index (χ3n) is 2.54. The molecular formula is C15H18ClNO2. The van der Waals surface area contributed by atoms with Crippen molar-refractivity contribution < 1.29 is 9.53 Å². The molecule has 1 amide bonds. The van der Waals surface area contributed by atoms with Crippen LogP contribution < -0.4 is 4.74 Å². The molecule has 102 valence electrons. The zero-order chi connectivity index (χ0) is 14.3. The van der Waals surface area contributed by atoms with Gasteiger partial charge in [0, 0.05) is 18.1 Å². The summed E-state index contributed by atoms with van der Waals surface area (Å²) in [5.74, 6) is 0.528. The smallest absolute Gasteiger partial charge is 0.261 e. The second-order valence-electron chi connectivity index (χ2n) is 4.08. The summed E-state index contributed by atoms with van der Waals surface area (Å²) in [6.45, 7) is 10.1. The lowest BCUT2D eigenvalue weighted by Crippen LogP contribution is -2.35. The maximum Gasteiger partial charge on any atom is 0.261 e. The fraction of sp³-hybridized carbons (Fsp3) is 0.267. The number of hydrogen-bond donors (Lipinski definition) is 0. The normalized spacial score (nSPS) is 9.79. The quantitative estimate of drug-likeness (QED) is 0.717. The number of nitrogens with zero attached hydrogens (tertiary/aromatic N) is 1. The number of ether oxygens (including phenoxy) is 1. The molecular weight excluding hydrogens is 262 g/mol. The molecule has 1 aromatic rings. The number of rotatable bonds is 7. The van der Waals surface area contributed by atoms with Crippen LogP contribution in [0.25, 0.3) is 0 Å². The van der Waals surface area contributed by atoms with E-state index in [1.165, 1.54) is 0 Å². The largest absolute Gasteiger partial charge is 0.484 e. The van der Waals surface area contributed by atoms with Crippen LogP contribution in [-0.2, 0) is 4.79 Å². The van der Waals surface area contributed by atoms with Crippen molar-refractivity contribution in [2.75, 3.05) is 19.7 Å². The molecule has 0 atom stereocenters. The number of benzene rings is 1. The topological polar surface area (TPSA) is 29.5 Å². The van der Waals surface area contributed by atoms with E-state index in [1.807, 2.05) is 6.92 Å². The molecule has 0 radical (unpaired) electrons. The van der Waals surface area contributed by atoms with E-state index in [-0.39, 0.29) is 12.5 Å². The van der Waals surface area contributed by atoms with Gasteiger partial charge in [0.25, 0.3) is 5.91 Å². The summed E-state index contributed by atoms with van der Waals surface area (Å²) >= 11 is 5.92. The molecule has 0 aliphatic carbocycles. The van der Waals surface area contributed by atoms with Gasteiger partial charge < -0.3 is 9.64 Å². The summed E-state index contributed by atoms with van der Waals surface area (Å²) in [7, 11) is 0. The molecule has 0 spiro atoms. The van der Waals surface area contributed by atoms with Crippen LogP contribution in [0.4, 0.5) is 0 Å². The summed E-state index contributed by atoms with van der Waals surface area (Å²) in [5.41, 5.74) is 0.917. The molecule has 3 nitrogen and oxygen atoms in total. The van der Waals surface area contributed by atoms with Crippen LogP contribution in [0.1, 0.15) is 5.56 Å². The van der Waals surface area contributed by atoms with Crippen LogP contribution in [0.15, 0.2) is 43.5 Å². The number of aryl methyl sites for hydroxylation is 1. The second kappa shape index (κ2) is 7.64. The van der Waals surface area contributed by atoms with Crippen molar-refractivity contribution >= 4 is 17.5 Å². The molecule has 0 N–H and O–H groups in total. The molecule has 1 rings (SSSR count). The Morgan fingerprint density at radius 2 is 2.00 bits per heavy atom. The molecule has 0 unspecified atom stereocenters. The Morgan fingerprint density at radius 1 is 1.37 bits per heavy atom. The van der Waals surface area contributed by atoms with Gasteiger partial charge in [-0.25, -0.2) is 0 Å². The van der Waals surface area contributed by atoms with Crippen molar-refractivity contribution in [2.45, 2.75) is 6.92 Å². The summed E-state index contributed by atoms with van der Waals surface area (Å²) < 4.78 is 5.46. The third kappa shape index (κ3) is 4.79. The zero-order valence-corrected chi connectivity index (χ0v) is 11.8. The Balaban J connectivity index is 2.58. The van der Waals surface area contributed by atoms with Gasteiger partial charge in [0.05, 0.1) is 0 Å². The maximum atomic E-state index is 11.9. The summed E-state index contributed by atoms with van der Waals surface area (Å²) in [4.78, 5) is 13.5. The van der Waals surface area contributed by atoms with E-state index in [1.54, 1.807) is 35.3 Å². The van der Waals surface area contributed by atoms with Gasteiger partial charge in [-0.15, -0.1) is 13.2 Å². The van der Waals surface area contributed by atoms with Crippen molar-refractivity contribution in [3.63, 3.8) is 0 Å². The number of halogens is 1. The van der Waals surface area contributed by atoms with Gasteiger partial charge in [-0.3, -0.25) is 4.79 Å². The Morgan fingerprint density at radius 3 is 2.53 bits per heavy atom. The van der Waals surface area contributed by atoms with E-state index >= 15 is 0 Å². The molecule has 1 aromatic carbocycles. The molecule has 0 heterocycles. The fourth-order valence-electron chi connectivity index (χ4n) is 1.53. The first-order valence-electron chi connectivity index (χ1n) is 5.97. The zero-order valence-electron chi connectivity index (χ0n) is 11.1. The molecule has 4 heteroatoms. The predicted molar refractivity (Wildman–Crippen MR) is 78.7 cm³/mol. The van der Waals surface area contributed by atoms with Crippen LogP contribution in [-0.4, -0.2) is 30.5 Å². The monoisotopic (exact) mass is 279 g/mol. The van der Waals surface area contributed by atoms with Gasteiger partial charge in [-0.2, -0.15) is 0 Å². The van der Waals surface area contributed by atoms with Crippen LogP contribution >= 0.6 is 11.6 Å². The molecule has 0 aromatic heterocycles. The molecule has 0 saturated heterocycles. The highest BCUT2D eigenvalue weighted by Gasteiger charge is 2.11. The minimum absolute atomic E-state index is 0.0112. The number of carbonyl (C=O) groups excluding carboxylic acids is 1. The van der Waals surface area contributed by atoms with Gasteiger partial charge in [-0.1, -0.05) is 23.8 Å². The average Bonchev–Trinajstić information content (AvgIpc) is 2.39. The van der Waals surface area contributed by atoms with E-state index in [9.17, 15) is 4.79 Å². The SMILES string of the molecule is C=CCN(CC=C)C(=O)COc1ccc(Cl)c(C)c1. The lowest BCUT2D eigenvalue weighted by atomic mass is 10.2. The molecule has 0 aliphatic rings. The van der Waals surface area contributed by atoms with Gasteiger partial charge in [0.1, 0.15) is 5.75 Å². The Labute approximate surface area is 119 Å². The molecule has 0 bridgehead atoms. The van der Waals surface area contributed by atoms with Gasteiger partial charge in [-0.05, 0) is 30.7 Å². The highest BCUT2D eigenvalue weighted by Crippen LogP contribution is 2.20. The van der Waals surface area contributed by atoms with Gasteiger partial charge in [0.15, 0.2) is 6.61 Å². The van der Waals surface area contributed by atoms with E-state index < -0.39 is 0 Å².